The first-order chi connectivity index (χ1) is 5.52. The number of ketones is 1. The van der Waals surface area contributed by atoms with E-state index in [-0.39, 0.29) is 5.92 Å². The number of hydrogen-bond acceptors (Lipinski definition) is 1. The van der Waals surface area contributed by atoms with Gasteiger partial charge in [0.25, 0.3) is 0 Å². The van der Waals surface area contributed by atoms with Crippen molar-refractivity contribution in [1.29, 1.82) is 0 Å². The van der Waals surface area contributed by atoms with E-state index in [0.29, 0.717) is 17.9 Å². The molecule has 0 aromatic rings. The van der Waals surface area contributed by atoms with Crippen molar-refractivity contribution in [3.05, 3.63) is 0 Å². The number of rotatable bonds is 1. The van der Waals surface area contributed by atoms with Gasteiger partial charge in [0.2, 0.25) is 0 Å². The Kier molecular flexibility index (Phi) is 2.89. The molecule has 1 aliphatic heterocycles. The largest absolute Gasteiger partial charge is 0.330 e. The fourth-order valence-corrected chi connectivity index (χ4v) is 2.11. The topological polar surface area (TPSA) is 21.5 Å². The molecule has 0 aromatic heterocycles. The maximum atomic E-state index is 11.4. The molecule has 1 aliphatic rings. The molecular formula is C10H20NO+. The van der Waals surface area contributed by atoms with Crippen LogP contribution in [0.5, 0.6) is 0 Å². The van der Waals surface area contributed by atoms with E-state index in [1.165, 1.54) is 0 Å². The average molecular weight is 170 g/mol. The van der Waals surface area contributed by atoms with E-state index in [1.807, 2.05) is 0 Å². The van der Waals surface area contributed by atoms with Gasteiger partial charge in [-0.05, 0) is 20.8 Å². The molecule has 0 aliphatic carbocycles. The monoisotopic (exact) mass is 170 g/mol. The lowest BCUT2D eigenvalue weighted by molar-refractivity contribution is -0.948. The minimum atomic E-state index is 0.276. The lowest BCUT2D eigenvalue weighted by Crippen LogP contribution is -3.20. The lowest BCUT2D eigenvalue weighted by atomic mass is 9.92. The molecule has 2 nitrogen and oxygen atoms in total. The second-order valence-electron chi connectivity index (χ2n) is 4.41. The number of carbonyl (C=O) groups excluding carboxylic acids is 1. The van der Waals surface area contributed by atoms with Gasteiger partial charge in [-0.3, -0.25) is 4.79 Å². The Morgan fingerprint density at radius 2 is 2.00 bits per heavy atom. The molecule has 1 rings (SSSR count). The molecule has 0 aromatic carbocycles. The number of nitrogens with one attached hydrogen (secondary N) is 1. The fraction of sp³-hybridized carbons (Fsp3) is 0.900. The highest BCUT2D eigenvalue weighted by Crippen LogP contribution is 2.06. The van der Waals surface area contributed by atoms with Crippen LogP contribution in [-0.4, -0.2) is 24.4 Å². The molecule has 2 heteroatoms. The van der Waals surface area contributed by atoms with Crippen molar-refractivity contribution in [2.24, 2.45) is 5.92 Å². The SMILES string of the molecule is CC(C)[NH+]1C[C@H](C)C(=O)C[C@@H]1C. The first-order valence-corrected chi connectivity index (χ1v) is 4.90. The molecule has 3 atom stereocenters. The predicted octanol–water partition coefficient (Wildman–Crippen LogP) is 0.277. The standard InChI is InChI=1S/C10H19NO/c1-7(2)11-6-8(3)10(12)5-9(11)4/h7-9H,5-6H2,1-4H3/p+1/t8-,9-/m0/s1. The molecule has 1 unspecified atom stereocenters. The highest BCUT2D eigenvalue weighted by Gasteiger charge is 2.33. The third kappa shape index (κ3) is 1.86. The number of Topliss-reactive ketones (excluding diaryl/α,β-unsaturated/α-hetero) is 1. The van der Waals surface area contributed by atoms with Gasteiger partial charge in [-0.15, -0.1) is 0 Å². The minimum Gasteiger partial charge on any atom is -0.330 e. The number of quaternary nitrogens is 1. The number of piperidine rings is 1. The van der Waals surface area contributed by atoms with Crippen molar-refractivity contribution < 1.29 is 9.69 Å². The molecule has 1 fully saturated rings. The third-order valence-electron chi connectivity index (χ3n) is 2.97. The summed E-state index contributed by atoms with van der Waals surface area (Å²) in [6, 6.07) is 1.17. The molecule has 1 N–H and O–H groups in total. The van der Waals surface area contributed by atoms with Gasteiger partial charge in [-0.1, -0.05) is 6.92 Å². The molecule has 0 bridgehead atoms. The summed E-state index contributed by atoms with van der Waals surface area (Å²) in [5.41, 5.74) is 0. The van der Waals surface area contributed by atoms with Crippen LogP contribution in [0.1, 0.15) is 34.1 Å². The average Bonchev–Trinajstić information content (AvgIpc) is 1.96. The normalized spacial score (nSPS) is 37.4. The van der Waals surface area contributed by atoms with Gasteiger partial charge in [-0.2, -0.15) is 0 Å². The van der Waals surface area contributed by atoms with Crippen LogP contribution in [0.3, 0.4) is 0 Å². The van der Waals surface area contributed by atoms with Crippen LogP contribution in [0.2, 0.25) is 0 Å². The lowest BCUT2D eigenvalue weighted by Gasteiger charge is -2.35. The maximum absolute atomic E-state index is 11.4. The molecule has 70 valence electrons. The Bertz CT molecular complexity index is 177. The van der Waals surface area contributed by atoms with E-state index in [4.69, 9.17) is 0 Å². The van der Waals surface area contributed by atoms with E-state index >= 15 is 0 Å². The molecule has 12 heavy (non-hydrogen) atoms. The highest BCUT2D eigenvalue weighted by molar-refractivity contribution is 5.81. The predicted molar refractivity (Wildman–Crippen MR) is 49.2 cm³/mol. The molecule has 0 saturated carbocycles. The van der Waals surface area contributed by atoms with Crippen LogP contribution < -0.4 is 4.90 Å². The summed E-state index contributed by atoms with van der Waals surface area (Å²) >= 11 is 0. The van der Waals surface area contributed by atoms with Crippen LogP contribution >= 0.6 is 0 Å². The van der Waals surface area contributed by atoms with Crippen molar-refractivity contribution in [1.82, 2.24) is 0 Å². The van der Waals surface area contributed by atoms with Gasteiger partial charge >= 0.3 is 0 Å². The van der Waals surface area contributed by atoms with E-state index < -0.39 is 0 Å². The zero-order valence-electron chi connectivity index (χ0n) is 8.55. The quantitative estimate of drug-likeness (QED) is 0.599. The number of likely N-dealkylation sites (tertiary alicyclic amines) is 1. The molecule has 0 radical (unpaired) electrons. The van der Waals surface area contributed by atoms with Crippen LogP contribution in [0, 0.1) is 5.92 Å². The van der Waals surface area contributed by atoms with Crippen molar-refractivity contribution in [2.45, 2.75) is 46.2 Å². The van der Waals surface area contributed by atoms with Gasteiger partial charge < -0.3 is 4.90 Å². The summed E-state index contributed by atoms with van der Waals surface area (Å²) in [6.07, 6.45) is 0.772. The third-order valence-corrected chi connectivity index (χ3v) is 2.97. The van der Waals surface area contributed by atoms with Crippen molar-refractivity contribution >= 4 is 5.78 Å². The van der Waals surface area contributed by atoms with E-state index in [1.54, 1.807) is 4.90 Å². The zero-order chi connectivity index (χ0) is 9.30. The Labute approximate surface area is 74.9 Å². The molecule has 1 saturated heterocycles. The van der Waals surface area contributed by atoms with Gasteiger partial charge in [-0.25, -0.2) is 0 Å². The molecular weight excluding hydrogens is 150 g/mol. The van der Waals surface area contributed by atoms with Crippen molar-refractivity contribution in [2.75, 3.05) is 6.54 Å². The summed E-state index contributed by atoms with van der Waals surface area (Å²) < 4.78 is 0. The number of carbonyl (C=O) groups is 1. The van der Waals surface area contributed by atoms with E-state index in [0.717, 1.165) is 13.0 Å². The maximum Gasteiger partial charge on any atom is 0.147 e. The second-order valence-corrected chi connectivity index (χ2v) is 4.41. The Balaban J connectivity index is 2.61. The summed E-state index contributed by atoms with van der Waals surface area (Å²) in [5, 5.41) is 0. The second kappa shape index (κ2) is 3.56. The Morgan fingerprint density at radius 3 is 2.50 bits per heavy atom. The zero-order valence-corrected chi connectivity index (χ0v) is 8.55. The summed E-state index contributed by atoms with van der Waals surface area (Å²) in [7, 11) is 0. The summed E-state index contributed by atoms with van der Waals surface area (Å²) in [5.74, 6) is 0.727. The molecule has 1 heterocycles. The van der Waals surface area contributed by atoms with E-state index in [2.05, 4.69) is 27.7 Å². The minimum absolute atomic E-state index is 0.276. The van der Waals surface area contributed by atoms with Gasteiger partial charge in [0.15, 0.2) is 0 Å². The van der Waals surface area contributed by atoms with Gasteiger partial charge in [0.1, 0.15) is 5.78 Å². The fourth-order valence-electron chi connectivity index (χ4n) is 2.11. The van der Waals surface area contributed by atoms with Gasteiger partial charge in [0, 0.05) is 0 Å². The van der Waals surface area contributed by atoms with Crippen LogP contribution in [0.15, 0.2) is 0 Å². The smallest absolute Gasteiger partial charge is 0.147 e. The van der Waals surface area contributed by atoms with Crippen molar-refractivity contribution in [3.8, 4) is 0 Å². The molecule has 0 amide bonds. The summed E-state index contributed by atoms with van der Waals surface area (Å²) in [6.45, 7) is 9.72. The van der Waals surface area contributed by atoms with Crippen LogP contribution in [-0.2, 0) is 4.79 Å². The van der Waals surface area contributed by atoms with E-state index in [9.17, 15) is 4.79 Å². The van der Waals surface area contributed by atoms with Crippen molar-refractivity contribution in [3.63, 3.8) is 0 Å². The number of hydrogen-bond donors (Lipinski definition) is 1. The molecule has 0 spiro atoms. The Morgan fingerprint density at radius 1 is 1.42 bits per heavy atom. The first-order valence-electron chi connectivity index (χ1n) is 4.90. The first kappa shape index (κ1) is 9.72. The summed E-state index contributed by atoms with van der Waals surface area (Å²) in [4.78, 5) is 12.9. The Hall–Kier alpha value is -0.370. The highest BCUT2D eigenvalue weighted by atomic mass is 16.1. The van der Waals surface area contributed by atoms with Crippen LogP contribution in [0.25, 0.3) is 0 Å². The van der Waals surface area contributed by atoms with Gasteiger partial charge in [0.05, 0.1) is 31.0 Å². The van der Waals surface area contributed by atoms with Crippen LogP contribution in [0.4, 0.5) is 0 Å².